The molecule has 1 aromatic carbocycles. The third-order valence-corrected chi connectivity index (χ3v) is 2.43. The van der Waals surface area contributed by atoms with Gasteiger partial charge < -0.3 is 15.2 Å². The van der Waals surface area contributed by atoms with E-state index in [9.17, 15) is 0 Å². The molecule has 6 nitrogen and oxygen atoms in total. The van der Waals surface area contributed by atoms with Gasteiger partial charge in [-0.25, -0.2) is 4.68 Å². The number of anilines is 1. The molecule has 0 amide bonds. The summed E-state index contributed by atoms with van der Waals surface area (Å²) in [6.45, 7) is 0.260. The smallest absolute Gasteiger partial charge is 0.231 e. The molecule has 0 radical (unpaired) electrons. The molecule has 16 heavy (non-hydrogen) atoms. The van der Waals surface area contributed by atoms with E-state index in [0.29, 0.717) is 17.5 Å². The van der Waals surface area contributed by atoms with E-state index in [0.717, 1.165) is 11.3 Å². The highest BCUT2D eigenvalue weighted by Crippen LogP contribution is 2.35. The Kier molecular flexibility index (Phi) is 1.76. The van der Waals surface area contributed by atoms with Crippen LogP contribution in [0.4, 0.5) is 5.95 Å². The van der Waals surface area contributed by atoms with Crippen molar-refractivity contribution >= 4 is 5.95 Å². The first-order valence-corrected chi connectivity index (χ1v) is 4.80. The fraction of sp³-hybridized carbons (Fsp3) is 0.200. The molecule has 0 unspecified atom stereocenters. The number of nitrogens with zero attached hydrogens (tertiary/aromatic N) is 3. The minimum atomic E-state index is 0.260. The lowest BCUT2D eigenvalue weighted by molar-refractivity contribution is 0.174. The summed E-state index contributed by atoms with van der Waals surface area (Å²) in [6, 6.07) is 5.56. The Morgan fingerprint density at radius 3 is 2.88 bits per heavy atom. The largest absolute Gasteiger partial charge is 0.454 e. The minimum absolute atomic E-state index is 0.260. The Labute approximate surface area is 91.6 Å². The Bertz CT molecular complexity index is 530. The number of hydrogen-bond acceptors (Lipinski definition) is 5. The average Bonchev–Trinajstić information content (AvgIpc) is 2.85. The molecule has 82 valence electrons. The van der Waals surface area contributed by atoms with Crippen molar-refractivity contribution < 1.29 is 9.47 Å². The van der Waals surface area contributed by atoms with Crippen molar-refractivity contribution in [2.24, 2.45) is 7.05 Å². The van der Waals surface area contributed by atoms with Gasteiger partial charge in [0.15, 0.2) is 17.3 Å². The molecule has 0 aliphatic carbocycles. The number of nitrogen functional groups attached to an aromatic ring is 1. The van der Waals surface area contributed by atoms with Gasteiger partial charge in [-0.05, 0) is 18.2 Å². The third-order valence-electron chi connectivity index (χ3n) is 2.43. The average molecular weight is 218 g/mol. The lowest BCUT2D eigenvalue weighted by Gasteiger charge is -1.97. The molecule has 0 atom stereocenters. The van der Waals surface area contributed by atoms with Gasteiger partial charge in [0.25, 0.3) is 0 Å². The molecule has 1 aliphatic rings. The summed E-state index contributed by atoms with van der Waals surface area (Å²) in [6.07, 6.45) is 0. The van der Waals surface area contributed by atoms with E-state index in [-0.39, 0.29) is 6.79 Å². The van der Waals surface area contributed by atoms with Crippen LogP contribution in [0.1, 0.15) is 0 Å². The molecular formula is C10H10N4O2. The molecule has 0 bridgehead atoms. The van der Waals surface area contributed by atoms with E-state index < -0.39 is 0 Å². The topological polar surface area (TPSA) is 75.2 Å². The van der Waals surface area contributed by atoms with E-state index in [2.05, 4.69) is 10.1 Å². The van der Waals surface area contributed by atoms with Gasteiger partial charge in [-0.1, -0.05) is 0 Å². The van der Waals surface area contributed by atoms with E-state index in [1.807, 2.05) is 18.2 Å². The number of hydrogen-bond donors (Lipinski definition) is 1. The SMILES string of the molecule is Cn1nc(-c2ccc3c(c2)OCO3)nc1N. The van der Waals surface area contributed by atoms with Gasteiger partial charge in [0.2, 0.25) is 12.7 Å². The summed E-state index contributed by atoms with van der Waals surface area (Å²) in [4.78, 5) is 4.14. The molecule has 3 rings (SSSR count). The van der Waals surface area contributed by atoms with Crippen LogP contribution in [0, 0.1) is 0 Å². The molecule has 2 aromatic rings. The number of fused-ring (bicyclic) bond motifs is 1. The first-order chi connectivity index (χ1) is 7.74. The maximum absolute atomic E-state index is 5.62. The lowest BCUT2D eigenvalue weighted by Crippen LogP contribution is -1.97. The van der Waals surface area contributed by atoms with Crippen molar-refractivity contribution in [3.63, 3.8) is 0 Å². The second kappa shape index (κ2) is 3.13. The van der Waals surface area contributed by atoms with Gasteiger partial charge in [-0.3, -0.25) is 0 Å². The summed E-state index contributed by atoms with van der Waals surface area (Å²) in [5.74, 6) is 2.42. The number of aryl methyl sites for hydroxylation is 1. The molecule has 0 saturated heterocycles. The van der Waals surface area contributed by atoms with Crippen molar-refractivity contribution in [1.82, 2.24) is 14.8 Å². The normalized spacial score (nSPS) is 13.1. The van der Waals surface area contributed by atoms with Crippen molar-refractivity contribution in [3.8, 4) is 22.9 Å². The molecular weight excluding hydrogens is 208 g/mol. The number of benzene rings is 1. The summed E-state index contributed by atoms with van der Waals surface area (Å²) in [5, 5.41) is 4.19. The summed E-state index contributed by atoms with van der Waals surface area (Å²) < 4.78 is 12.0. The second-order valence-corrected chi connectivity index (χ2v) is 3.49. The van der Waals surface area contributed by atoms with Crippen LogP contribution < -0.4 is 15.2 Å². The van der Waals surface area contributed by atoms with Crippen LogP contribution in [0.5, 0.6) is 11.5 Å². The minimum Gasteiger partial charge on any atom is -0.454 e. The first kappa shape index (κ1) is 9.02. The van der Waals surface area contributed by atoms with Crippen molar-refractivity contribution in [2.75, 3.05) is 12.5 Å². The van der Waals surface area contributed by atoms with Gasteiger partial charge in [0, 0.05) is 12.6 Å². The van der Waals surface area contributed by atoms with Crippen LogP contribution in [0.2, 0.25) is 0 Å². The molecule has 2 N–H and O–H groups in total. The Hall–Kier alpha value is -2.24. The van der Waals surface area contributed by atoms with Crippen molar-refractivity contribution in [1.29, 1.82) is 0 Å². The standard InChI is InChI=1S/C10H10N4O2/c1-14-10(11)12-9(13-14)6-2-3-7-8(4-6)16-5-15-7/h2-4H,5H2,1H3,(H2,11,12,13). The highest BCUT2D eigenvalue weighted by atomic mass is 16.7. The van der Waals surface area contributed by atoms with Crippen LogP contribution >= 0.6 is 0 Å². The van der Waals surface area contributed by atoms with Gasteiger partial charge >= 0.3 is 0 Å². The predicted molar refractivity (Wildman–Crippen MR) is 57.0 cm³/mol. The molecule has 0 spiro atoms. The van der Waals surface area contributed by atoms with Crippen LogP contribution in [0.15, 0.2) is 18.2 Å². The Balaban J connectivity index is 2.07. The van der Waals surface area contributed by atoms with Crippen LogP contribution in [-0.4, -0.2) is 21.6 Å². The van der Waals surface area contributed by atoms with Crippen LogP contribution in [0.25, 0.3) is 11.4 Å². The van der Waals surface area contributed by atoms with Crippen LogP contribution in [-0.2, 0) is 7.05 Å². The van der Waals surface area contributed by atoms with Gasteiger partial charge in [-0.2, -0.15) is 4.98 Å². The zero-order chi connectivity index (χ0) is 11.1. The molecule has 0 saturated carbocycles. The first-order valence-electron chi connectivity index (χ1n) is 4.80. The van der Waals surface area contributed by atoms with Crippen LogP contribution in [0.3, 0.4) is 0 Å². The molecule has 1 aliphatic heterocycles. The molecule has 6 heteroatoms. The highest BCUT2D eigenvalue weighted by Gasteiger charge is 2.15. The van der Waals surface area contributed by atoms with Crippen molar-refractivity contribution in [2.45, 2.75) is 0 Å². The van der Waals surface area contributed by atoms with E-state index >= 15 is 0 Å². The summed E-state index contributed by atoms with van der Waals surface area (Å²) >= 11 is 0. The zero-order valence-corrected chi connectivity index (χ0v) is 8.67. The van der Waals surface area contributed by atoms with Gasteiger partial charge in [0.05, 0.1) is 0 Å². The van der Waals surface area contributed by atoms with E-state index in [1.165, 1.54) is 4.68 Å². The fourth-order valence-electron chi connectivity index (χ4n) is 1.55. The molecule has 1 aromatic heterocycles. The third kappa shape index (κ3) is 1.27. The quantitative estimate of drug-likeness (QED) is 0.766. The van der Waals surface area contributed by atoms with Gasteiger partial charge in [-0.15, -0.1) is 5.10 Å². The van der Waals surface area contributed by atoms with E-state index in [4.69, 9.17) is 15.2 Å². The van der Waals surface area contributed by atoms with E-state index in [1.54, 1.807) is 7.05 Å². The monoisotopic (exact) mass is 218 g/mol. The summed E-state index contributed by atoms with van der Waals surface area (Å²) in [7, 11) is 1.75. The number of aromatic nitrogens is 3. The predicted octanol–water partition coefficient (Wildman–Crippen LogP) is 0.793. The van der Waals surface area contributed by atoms with Crippen molar-refractivity contribution in [3.05, 3.63) is 18.2 Å². The number of nitrogens with two attached hydrogens (primary N) is 1. The second-order valence-electron chi connectivity index (χ2n) is 3.49. The summed E-state index contributed by atoms with van der Waals surface area (Å²) in [5.41, 5.74) is 6.48. The maximum atomic E-state index is 5.62. The molecule has 2 heterocycles. The zero-order valence-electron chi connectivity index (χ0n) is 8.67. The highest BCUT2D eigenvalue weighted by molar-refractivity contribution is 5.62. The van der Waals surface area contributed by atoms with Gasteiger partial charge in [0.1, 0.15) is 0 Å². The maximum Gasteiger partial charge on any atom is 0.231 e. The number of ether oxygens (including phenoxy) is 2. The number of rotatable bonds is 1. The molecule has 0 fully saturated rings. The Morgan fingerprint density at radius 1 is 1.31 bits per heavy atom. The fourth-order valence-corrected chi connectivity index (χ4v) is 1.55. The Morgan fingerprint density at radius 2 is 2.12 bits per heavy atom. The lowest BCUT2D eigenvalue weighted by atomic mass is 10.2.